The summed E-state index contributed by atoms with van der Waals surface area (Å²) in [6.45, 7) is 2.88. The number of rotatable bonds is 4. The van der Waals surface area contributed by atoms with Crippen LogP contribution in [0.4, 0.5) is 4.79 Å². The Balaban J connectivity index is 1.68. The lowest BCUT2D eigenvalue weighted by atomic mass is 10.0. The first-order valence-electron chi connectivity index (χ1n) is 6.58. The number of carbonyl (C=O) groups excluding carboxylic acids is 1. The van der Waals surface area contributed by atoms with Gasteiger partial charge >= 0.3 is 6.03 Å². The molecule has 5 heteroatoms. The monoisotopic (exact) mass is 326 g/mol. The van der Waals surface area contributed by atoms with Crippen LogP contribution >= 0.6 is 15.9 Å². The molecule has 0 atom stereocenters. The highest BCUT2D eigenvalue weighted by atomic mass is 79.9. The highest BCUT2D eigenvalue weighted by molar-refractivity contribution is 9.10. The Morgan fingerprint density at radius 3 is 2.74 bits per heavy atom. The maximum Gasteiger partial charge on any atom is 0.315 e. The van der Waals surface area contributed by atoms with Crippen LogP contribution in [0.25, 0.3) is 0 Å². The van der Waals surface area contributed by atoms with Gasteiger partial charge in [0.25, 0.3) is 0 Å². The highest BCUT2D eigenvalue weighted by Gasteiger charge is 2.14. The first-order valence-corrected chi connectivity index (χ1v) is 7.38. The summed E-state index contributed by atoms with van der Waals surface area (Å²) in [6.07, 6.45) is 2.06. The Hall–Kier alpha value is -1.07. The largest absolute Gasteiger partial charge is 0.381 e. The predicted molar refractivity (Wildman–Crippen MR) is 77.9 cm³/mol. The fraction of sp³-hybridized carbons (Fsp3) is 0.500. The smallest absolute Gasteiger partial charge is 0.315 e. The maximum atomic E-state index is 11.7. The number of hydrogen-bond donors (Lipinski definition) is 2. The Labute approximate surface area is 122 Å². The van der Waals surface area contributed by atoms with Crippen molar-refractivity contribution >= 4 is 22.0 Å². The zero-order chi connectivity index (χ0) is 13.5. The first-order chi connectivity index (χ1) is 9.25. The van der Waals surface area contributed by atoms with Crippen LogP contribution < -0.4 is 10.6 Å². The number of urea groups is 1. The van der Waals surface area contributed by atoms with Crippen LogP contribution in [0.3, 0.4) is 0 Å². The molecule has 0 bridgehead atoms. The molecule has 1 heterocycles. The Morgan fingerprint density at radius 2 is 2.00 bits per heavy atom. The average Bonchev–Trinajstić information content (AvgIpc) is 2.45. The van der Waals surface area contributed by atoms with Gasteiger partial charge in [-0.05, 0) is 30.4 Å². The van der Waals surface area contributed by atoms with Gasteiger partial charge in [-0.1, -0.05) is 34.1 Å². The molecule has 1 aliphatic heterocycles. The van der Waals surface area contributed by atoms with Gasteiger partial charge in [-0.3, -0.25) is 0 Å². The Bertz CT molecular complexity index is 420. The van der Waals surface area contributed by atoms with Gasteiger partial charge in [0.2, 0.25) is 0 Å². The summed E-state index contributed by atoms with van der Waals surface area (Å²) in [5.74, 6) is 0.544. The van der Waals surface area contributed by atoms with E-state index in [1.165, 1.54) is 0 Å². The lowest BCUT2D eigenvalue weighted by Gasteiger charge is -2.22. The van der Waals surface area contributed by atoms with E-state index in [0.29, 0.717) is 12.5 Å². The van der Waals surface area contributed by atoms with E-state index >= 15 is 0 Å². The SMILES string of the molecule is O=C(NCc1ccccc1Br)NCC1CCOCC1. The van der Waals surface area contributed by atoms with Crippen molar-refractivity contribution < 1.29 is 9.53 Å². The molecule has 2 N–H and O–H groups in total. The summed E-state index contributed by atoms with van der Waals surface area (Å²) in [5, 5.41) is 5.79. The van der Waals surface area contributed by atoms with Crippen LogP contribution in [0.15, 0.2) is 28.7 Å². The summed E-state index contributed by atoms with van der Waals surface area (Å²) in [4.78, 5) is 11.7. The minimum Gasteiger partial charge on any atom is -0.381 e. The third-order valence-corrected chi connectivity index (χ3v) is 4.06. The van der Waals surface area contributed by atoms with Crippen molar-refractivity contribution in [2.24, 2.45) is 5.92 Å². The molecule has 0 aliphatic carbocycles. The van der Waals surface area contributed by atoms with E-state index in [9.17, 15) is 4.79 Å². The number of hydrogen-bond acceptors (Lipinski definition) is 2. The molecular weight excluding hydrogens is 308 g/mol. The number of benzene rings is 1. The summed E-state index contributed by atoms with van der Waals surface area (Å²) < 4.78 is 6.31. The Kier molecular flexibility index (Phi) is 5.66. The van der Waals surface area contributed by atoms with Gasteiger partial charge in [-0.25, -0.2) is 4.79 Å². The van der Waals surface area contributed by atoms with Crippen LogP contribution in [0.1, 0.15) is 18.4 Å². The molecule has 0 radical (unpaired) electrons. The number of amides is 2. The van der Waals surface area contributed by atoms with Gasteiger partial charge in [-0.2, -0.15) is 0 Å². The molecule has 0 aromatic heterocycles. The van der Waals surface area contributed by atoms with Crippen molar-refractivity contribution in [1.82, 2.24) is 10.6 Å². The molecule has 1 fully saturated rings. The van der Waals surface area contributed by atoms with Gasteiger partial charge in [0.1, 0.15) is 0 Å². The third-order valence-electron chi connectivity index (χ3n) is 3.29. The fourth-order valence-corrected chi connectivity index (χ4v) is 2.49. The molecule has 104 valence electrons. The lowest BCUT2D eigenvalue weighted by Crippen LogP contribution is -2.39. The molecular formula is C14H19BrN2O2. The van der Waals surface area contributed by atoms with E-state index in [2.05, 4.69) is 26.6 Å². The van der Waals surface area contributed by atoms with E-state index < -0.39 is 0 Å². The van der Waals surface area contributed by atoms with Crippen LogP contribution in [0.2, 0.25) is 0 Å². The normalized spacial score (nSPS) is 16.1. The molecule has 2 amide bonds. The van der Waals surface area contributed by atoms with Crippen LogP contribution in [-0.2, 0) is 11.3 Å². The molecule has 1 saturated heterocycles. The first kappa shape index (κ1) is 14.3. The standard InChI is InChI=1S/C14H19BrN2O2/c15-13-4-2-1-3-12(13)10-17-14(18)16-9-11-5-7-19-8-6-11/h1-4,11H,5-10H2,(H2,16,17,18). The second kappa shape index (κ2) is 7.50. The van der Waals surface area contributed by atoms with E-state index in [-0.39, 0.29) is 6.03 Å². The van der Waals surface area contributed by atoms with E-state index in [1.807, 2.05) is 24.3 Å². The molecule has 1 aromatic rings. The molecule has 2 rings (SSSR count). The number of nitrogens with one attached hydrogen (secondary N) is 2. The van der Waals surface area contributed by atoms with Crippen molar-refractivity contribution in [2.75, 3.05) is 19.8 Å². The van der Waals surface area contributed by atoms with Gasteiger partial charge in [0.15, 0.2) is 0 Å². The van der Waals surface area contributed by atoms with Crippen molar-refractivity contribution in [3.05, 3.63) is 34.3 Å². The molecule has 1 aromatic carbocycles. The topological polar surface area (TPSA) is 50.4 Å². The predicted octanol–water partition coefficient (Wildman–Crippen LogP) is 2.67. The fourth-order valence-electron chi connectivity index (χ4n) is 2.07. The van der Waals surface area contributed by atoms with Crippen LogP contribution in [-0.4, -0.2) is 25.8 Å². The molecule has 4 nitrogen and oxygen atoms in total. The number of ether oxygens (including phenoxy) is 1. The van der Waals surface area contributed by atoms with Gasteiger partial charge in [0.05, 0.1) is 0 Å². The minimum atomic E-state index is -0.109. The zero-order valence-electron chi connectivity index (χ0n) is 10.8. The van der Waals surface area contributed by atoms with Gasteiger partial charge in [0, 0.05) is 30.8 Å². The lowest BCUT2D eigenvalue weighted by molar-refractivity contribution is 0.0669. The zero-order valence-corrected chi connectivity index (χ0v) is 12.4. The van der Waals surface area contributed by atoms with Gasteiger partial charge in [-0.15, -0.1) is 0 Å². The summed E-state index contributed by atoms with van der Waals surface area (Å²) >= 11 is 3.46. The van der Waals surface area contributed by atoms with Crippen molar-refractivity contribution in [2.45, 2.75) is 19.4 Å². The molecule has 0 saturated carbocycles. The number of halogens is 1. The quantitative estimate of drug-likeness (QED) is 0.893. The van der Waals surface area contributed by atoms with Gasteiger partial charge < -0.3 is 15.4 Å². The van der Waals surface area contributed by atoms with E-state index in [4.69, 9.17) is 4.74 Å². The van der Waals surface area contributed by atoms with Crippen molar-refractivity contribution in [3.8, 4) is 0 Å². The van der Waals surface area contributed by atoms with E-state index in [1.54, 1.807) is 0 Å². The summed E-state index contributed by atoms with van der Waals surface area (Å²) in [6, 6.07) is 7.77. The summed E-state index contributed by atoms with van der Waals surface area (Å²) in [7, 11) is 0. The Morgan fingerprint density at radius 1 is 1.26 bits per heavy atom. The molecule has 0 spiro atoms. The second-order valence-electron chi connectivity index (χ2n) is 4.71. The molecule has 0 unspecified atom stereocenters. The highest BCUT2D eigenvalue weighted by Crippen LogP contribution is 2.15. The number of carbonyl (C=O) groups is 1. The molecule has 1 aliphatic rings. The van der Waals surface area contributed by atoms with Crippen LogP contribution in [0, 0.1) is 5.92 Å². The third kappa shape index (κ3) is 4.84. The summed E-state index contributed by atoms with van der Waals surface area (Å²) in [5.41, 5.74) is 1.07. The van der Waals surface area contributed by atoms with Crippen LogP contribution in [0.5, 0.6) is 0 Å². The maximum absolute atomic E-state index is 11.7. The van der Waals surface area contributed by atoms with Crippen molar-refractivity contribution in [3.63, 3.8) is 0 Å². The second-order valence-corrected chi connectivity index (χ2v) is 5.57. The minimum absolute atomic E-state index is 0.109. The van der Waals surface area contributed by atoms with E-state index in [0.717, 1.165) is 42.6 Å². The average molecular weight is 327 g/mol. The molecule has 19 heavy (non-hydrogen) atoms. The van der Waals surface area contributed by atoms with Crippen molar-refractivity contribution in [1.29, 1.82) is 0 Å².